The Morgan fingerprint density at radius 1 is 0.729 bits per heavy atom. The minimum Gasteiger partial charge on any atom is -0.468 e. The number of amides is 4. The van der Waals surface area contributed by atoms with Gasteiger partial charge in [0.05, 0.1) is 89.7 Å². The van der Waals surface area contributed by atoms with E-state index in [1.807, 2.05) is 94.4 Å². The maximum atomic E-state index is 14.1. The number of aliphatic hydroxyl groups is 1. The molecule has 2 aromatic heterocycles. The number of nitro benzene ring substituents is 2. The molecule has 0 aliphatic carbocycles. The lowest BCUT2D eigenvalue weighted by Gasteiger charge is -2.41. The number of fused-ring (bicyclic) bond motifs is 5. The second kappa shape index (κ2) is 38.9. The van der Waals surface area contributed by atoms with Gasteiger partial charge in [0, 0.05) is 48.3 Å². The first-order valence-corrected chi connectivity index (χ1v) is 39.1. The van der Waals surface area contributed by atoms with Crippen molar-refractivity contribution in [3.63, 3.8) is 0 Å². The number of benzene rings is 4. The Morgan fingerprint density at radius 3 is 1.89 bits per heavy atom. The molecule has 33 heteroatoms. The number of nitro groups is 2. The fraction of sp³-hybridized carbons (Fsp3) is 0.482. The SMILES string of the molecule is CC(C)[C@@H]1CC(=O)C2(/C=C/c3ccc4ccc(nc4c3)[C@@H](C)OC(=O)[C@@H]3CCCN(N3)C(=O)[C@H](C)NC1=O)COC(C)(C)OC2.COC(=O)[C@@H]1CCCN(C(=O)[C@H](C)NC(=O)[C@@H](CC(=O)OC2(/C=C/c3ccc4ccc([C@@H](C)O)nc4c3)COC(C)(C)OC2)C(C)C)N1.Cc1cccc([N+](=O)[O-])c1C(=O)OC(=O)c1c(C)cccc1[N+](=O)[O-]. The summed E-state index contributed by atoms with van der Waals surface area (Å²) in [6.45, 7) is 25.0. The van der Waals surface area contributed by atoms with Crippen LogP contribution in [0.25, 0.3) is 34.0 Å². The third kappa shape index (κ3) is 23.0. The van der Waals surface area contributed by atoms with Crippen LogP contribution in [0.3, 0.4) is 0 Å². The number of aliphatic hydroxyl groups excluding tert-OH is 1. The van der Waals surface area contributed by atoms with Crippen molar-refractivity contribution in [1.82, 2.24) is 41.5 Å². The van der Waals surface area contributed by atoms with Crippen molar-refractivity contribution >= 4 is 105 Å². The highest BCUT2D eigenvalue weighted by Gasteiger charge is 2.47. The average molecular weight is 1630 g/mol. The van der Waals surface area contributed by atoms with Gasteiger partial charge in [-0.2, -0.15) is 0 Å². The Morgan fingerprint density at radius 2 is 1.31 bits per heavy atom. The van der Waals surface area contributed by atoms with E-state index >= 15 is 0 Å². The molecule has 11 rings (SSSR count). The van der Waals surface area contributed by atoms with Gasteiger partial charge in [-0.1, -0.05) is 107 Å². The number of hydrogen-bond donors (Lipinski definition) is 5. The number of aromatic nitrogens is 2. The van der Waals surface area contributed by atoms with E-state index in [1.165, 1.54) is 55.2 Å². The van der Waals surface area contributed by atoms with Crippen molar-refractivity contribution < 1.29 is 101 Å². The van der Waals surface area contributed by atoms with Crippen molar-refractivity contribution in [2.24, 2.45) is 29.1 Å². The number of carbonyl (C=O) groups is 10. The zero-order valence-corrected chi connectivity index (χ0v) is 68.9. The van der Waals surface area contributed by atoms with Gasteiger partial charge in [0.15, 0.2) is 17.2 Å². The summed E-state index contributed by atoms with van der Waals surface area (Å²) in [5.41, 5.74) is 6.34. The van der Waals surface area contributed by atoms with Crippen LogP contribution in [0.4, 0.5) is 11.4 Å². The van der Waals surface area contributed by atoms with Crippen molar-refractivity contribution in [3.8, 4) is 0 Å². The van der Waals surface area contributed by atoms with E-state index in [0.29, 0.717) is 61.2 Å². The molecule has 632 valence electrons. The molecule has 0 unspecified atom stereocenters. The lowest BCUT2D eigenvalue weighted by atomic mass is 9.77. The van der Waals surface area contributed by atoms with Crippen molar-refractivity contribution in [1.29, 1.82) is 0 Å². The summed E-state index contributed by atoms with van der Waals surface area (Å²) in [6, 6.07) is 23.6. The van der Waals surface area contributed by atoms with E-state index < -0.39 is 134 Å². The highest BCUT2D eigenvalue weighted by molar-refractivity contribution is 6.07. The van der Waals surface area contributed by atoms with E-state index in [0.717, 1.165) is 34.0 Å². The molecule has 5 aliphatic rings. The maximum Gasteiger partial charge on any atom is 0.353 e. The molecule has 5 bridgehead atoms. The highest BCUT2D eigenvalue weighted by Crippen LogP contribution is 2.38. The van der Waals surface area contributed by atoms with Gasteiger partial charge in [0.1, 0.15) is 47.2 Å². The van der Waals surface area contributed by atoms with Crippen LogP contribution in [0, 0.1) is 63.2 Å². The zero-order valence-electron chi connectivity index (χ0n) is 68.9. The van der Waals surface area contributed by atoms with Gasteiger partial charge < -0.3 is 53.6 Å². The molecule has 0 radical (unpaired) electrons. The predicted octanol–water partition coefficient (Wildman–Crippen LogP) is 10.2. The number of hydrogen-bond acceptors (Lipinski definition) is 27. The van der Waals surface area contributed by atoms with Crippen LogP contribution in [0.15, 0.2) is 109 Å². The Hall–Kier alpha value is -11.2. The molecule has 0 saturated carbocycles. The lowest BCUT2D eigenvalue weighted by Crippen LogP contribution is -2.60. The van der Waals surface area contributed by atoms with Crippen LogP contribution < -0.4 is 21.5 Å². The number of pyridine rings is 2. The maximum absolute atomic E-state index is 14.1. The Bertz CT molecular complexity index is 4770. The second-order valence-electron chi connectivity index (χ2n) is 31.7. The molecule has 4 aromatic carbocycles. The van der Waals surface area contributed by atoms with Gasteiger partial charge in [-0.3, -0.25) is 73.6 Å². The number of esters is 5. The molecule has 6 aromatic rings. The summed E-state index contributed by atoms with van der Waals surface area (Å²) < 4.78 is 45.1. The van der Waals surface area contributed by atoms with Gasteiger partial charge in [-0.05, 0) is 159 Å². The second-order valence-corrected chi connectivity index (χ2v) is 31.7. The van der Waals surface area contributed by atoms with Gasteiger partial charge in [0.25, 0.3) is 23.2 Å². The van der Waals surface area contributed by atoms with Crippen molar-refractivity contribution in [3.05, 3.63) is 174 Å². The summed E-state index contributed by atoms with van der Waals surface area (Å²) >= 11 is 0. The number of methoxy groups -OCH3 is 1. The monoisotopic (exact) mass is 1630 g/mol. The Balaban J connectivity index is 0.000000212. The molecule has 1 spiro atoms. The molecule has 5 N–H and O–H groups in total. The molecule has 118 heavy (non-hydrogen) atoms. The predicted molar refractivity (Wildman–Crippen MR) is 429 cm³/mol. The summed E-state index contributed by atoms with van der Waals surface area (Å²) in [6.07, 6.45) is 7.77. The van der Waals surface area contributed by atoms with E-state index in [4.69, 9.17) is 38.1 Å². The molecule has 5 aliphatic heterocycles. The first kappa shape index (κ1) is 90.7. The Kier molecular flexibility index (Phi) is 29.9. The fourth-order valence-electron chi connectivity index (χ4n) is 13.7. The van der Waals surface area contributed by atoms with Gasteiger partial charge in [0.2, 0.25) is 11.8 Å². The molecule has 7 heterocycles. The van der Waals surface area contributed by atoms with Gasteiger partial charge in [-0.15, -0.1) is 0 Å². The molecular formula is C85H104N10O23. The number of rotatable bonds is 16. The van der Waals surface area contributed by atoms with Crippen molar-refractivity contribution in [2.75, 3.05) is 46.6 Å². The van der Waals surface area contributed by atoms with Crippen LogP contribution in [0.5, 0.6) is 0 Å². The molecule has 4 fully saturated rings. The first-order valence-electron chi connectivity index (χ1n) is 39.1. The van der Waals surface area contributed by atoms with Gasteiger partial charge in [-0.25, -0.2) is 25.4 Å². The number of cyclic esters (lactones) is 1. The summed E-state index contributed by atoms with van der Waals surface area (Å²) in [4.78, 5) is 161. The number of carbonyl (C=O) groups excluding carboxylic acids is 10. The minimum absolute atomic E-state index is 0.0275. The lowest BCUT2D eigenvalue weighted by molar-refractivity contribution is -0.385. The largest absolute Gasteiger partial charge is 0.468 e. The number of aryl methyl sites for hydroxylation is 2. The van der Waals surface area contributed by atoms with Crippen LogP contribution in [-0.2, 0) is 76.3 Å². The number of nitrogens with zero attached hydrogens (tertiary/aromatic N) is 6. The standard InChI is InChI=1S/C35H48N4O9.C34H44N4O7.C16H12N2O7/c1-21(2)26(31(42)36-22(3)32(43)39-16-8-9-28(38-39)33(44)45-7)18-30(41)48-35(19-46-34(5,6)47-20-35)15-14-24-10-11-25-12-13-27(23(4)40)37-29(25)17-24;1-20(2)25-17-29(39)34(18-43-33(5,6)44-19-34)14-13-23-9-10-24-11-12-26(36-28(24)16-23)22(4)45-32(42)27-8-7-15-38(37-27)31(41)21(3)35-30(25)40;1-9-5-3-7-11(17(21)22)13(9)15(19)25-16(20)14-10(2)6-4-8-12(14)18(23)24/h10-15,17,21-23,26,28,38,40H,8-9,16,18-20H2,1-7H3,(H,36,42);9-14,16,20-22,25,27,37H,7-8,15,17-19H2,1-6H3,(H,35,40);3-8H,1-2H3/b15-14+;14-13+;/t22-,23+,26-,28-;21-,22+,25-,27-;/m00./s1. The fourth-order valence-corrected chi connectivity index (χ4v) is 13.7. The van der Waals surface area contributed by atoms with Crippen LogP contribution >= 0.6 is 0 Å². The normalized spacial score (nSPS) is 21.6. The summed E-state index contributed by atoms with van der Waals surface area (Å²) in [5, 5.41) is 42.1. The van der Waals surface area contributed by atoms with Crippen LogP contribution in [-0.4, -0.2) is 182 Å². The van der Waals surface area contributed by atoms with E-state index in [9.17, 15) is 73.3 Å². The molecule has 4 amide bonds. The third-order valence-corrected chi connectivity index (χ3v) is 21.0. The summed E-state index contributed by atoms with van der Waals surface area (Å²) in [5.74, 6) is -9.52. The number of ether oxygens (including phenoxy) is 8. The summed E-state index contributed by atoms with van der Waals surface area (Å²) in [7, 11) is 1.29. The molecule has 33 nitrogen and oxygen atoms in total. The molecular weight excluding hydrogens is 1530 g/mol. The van der Waals surface area contributed by atoms with E-state index in [-0.39, 0.29) is 91.0 Å². The van der Waals surface area contributed by atoms with Crippen molar-refractivity contribution in [2.45, 2.75) is 189 Å². The smallest absolute Gasteiger partial charge is 0.353 e. The topological polar surface area (TPSA) is 431 Å². The number of hydrazine groups is 2. The minimum atomic E-state index is -1.27. The zero-order chi connectivity index (χ0) is 86.5. The number of Topliss-reactive ketones (excluding diaryl/α,β-unsaturated/α-hetero) is 1. The van der Waals surface area contributed by atoms with Gasteiger partial charge >= 0.3 is 29.8 Å². The van der Waals surface area contributed by atoms with E-state index in [2.05, 4.69) is 31.2 Å². The molecule has 4 saturated heterocycles. The third-order valence-electron chi connectivity index (χ3n) is 21.0. The highest BCUT2D eigenvalue weighted by atomic mass is 16.7. The van der Waals surface area contributed by atoms with Crippen LogP contribution in [0.1, 0.15) is 188 Å². The average Bonchev–Trinajstić information content (AvgIpc) is 0.872. The quantitative estimate of drug-likeness (QED) is 0.0198. The van der Waals surface area contributed by atoms with Crippen LogP contribution in [0.2, 0.25) is 0 Å². The first-order chi connectivity index (χ1) is 55.6. The molecule has 8 atom stereocenters. The van der Waals surface area contributed by atoms with E-state index in [1.54, 1.807) is 73.6 Å². The number of nitrogens with one attached hydrogen (secondary N) is 4. The number of ketones is 1. The Labute approximate surface area is 682 Å².